The van der Waals surface area contributed by atoms with Crippen molar-refractivity contribution in [2.75, 3.05) is 13.7 Å². The summed E-state index contributed by atoms with van der Waals surface area (Å²) in [6.45, 7) is 6.68. The Morgan fingerprint density at radius 1 is 1.62 bits per heavy atom. The molecule has 0 saturated carbocycles. The molecule has 2 atom stereocenters. The van der Waals surface area contributed by atoms with Crippen molar-refractivity contribution in [2.45, 2.75) is 38.8 Å². The average Bonchev–Trinajstić information content (AvgIpc) is 2.79. The molecule has 1 unspecified atom stereocenters. The van der Waals surface area contributed by atoms with Crippen molar-refractivity contribution in [1.82, 2.24) is 5.32 Å². The van der Waals surface area contributed by atoms with Gasteiger partial charge in [0.25, 0.3) is 0 Å². The monoisotopic (exact) mass is 185 g/mol. The van der Waals surface area contributed by atoms with Crippen LogP contribution in [0.5, 0.6) is 0 Å². The van der Waals surface area contributed by atoms with E-state index in [1.54, 1.807) is 0 Å². The van der Waals surface area contributed by atoms with Crippen LogP contribution in [-0.2, 0) is 9.53 Å². The summed E-state index contributed by atoms with van der Waals surface area (Å²) in [5, 5.41) is 3.05. The first-order chi connectivity index (χ1) is 5.99. The summed E-state index contributed by atoms with van der Waals surface area (Å²) in [6.07, 6.45) is 0.883. The zero-order chi connectivity index (χ0) is 10.1. The summed E-state index contributed by atoms with van der Waals surface area (Å²) in [6, 6.07) is -0.0486. The molecular weight excluding hydrogens is 166 g/mol. The number of ketones is 1. The Hall–Kier alpha value is -0.410. The molecule has 0 radical (unpaired) electrons. The Morgan fingerprint density at radius 3 is 2.46 bits per heavy atom. The van der Waals surface area contributed by atoms with Gasteiger partial charge in [-0.25, -0.2) is 0 Å². The number of likely N-dealkylation sites (N-methyl/N-ethyl adjacent to an activating group) is 1. The van der Waals surface area contributed by atoms with Crippen LogP contribution in [0.25, 0.3) is 0 Å². The van der Waals surface area contributed by atoms with Gasteiger partial charge < -0.3 is 10.1 Å². The van der Waals surface area contributed by atoms with E-state index in [0.29, 0.717) is 12.5 Å². The number of hydrogen-bond acceptors (Lipinski definition) is 3. The summed E-state index contributed by atoms with van der Waals surface area (Å²) in [5.74, 6) is 0.729. The molecule has 76 valence electrons. The van der Waals surface area contributed by atoms with E-state index in [1.807, 2.05) is 14.0 Å². The molecule has 1 N–H and O–H groups in total. The predicted molar refractivity (Wildman–Crippen MR) is 51.7 cm³/mol. The minimum atomic E-state index is -0.484. The number of epoxide rings is 1. The Morgan fingerprint density at radius 2 is 2.15 bits per heavy atom. The third kappa shape index (κ3) is 2.51. The van der Waals surface area contributed by atoms with Crippen LogP contribution in [0.4, 0.5) is 0 Å². The van der Waals surface area contributed by atoms with Crippen molar-refractivity contribution in [3.05, 3.63) is 0 Å². The third-order valence-corrected chi connectivity index (χ3v) is 2.47. The maximum Gasteiger partial charge on any atom is 0.183 e. The van der Waals surface area contributed by atoms with Gasteiger partial charge in [0.15, 0.2) is 5.78 Å². The van der Waals surface area contributed by atoms with Crippen LogP contribution in [0.2, 0.25) is 0 Å². The van der Waals surface area contributed by atoms with Gasteiger partial charge >= 0.3 is 0 Å². The molecule has 3 heteroatoms. The molecule has 1 aliphatic rings. The summed E-state index contributed by atoms with van der Waals surface area (Å²) in [5.41, 5.74) is -0.484. The highest BCUT2D eigenvalue weighted by molar-refractivity contribution is 5.93. The number of rotatable bonds is 5. The van der Waals surface area contributed by atoms with E-state index >= 15 is 0 Å². The van der Waals surface area contributed by atoms with E-state index in [1.165, 1.54) is 0 Å². The number of carbonyl (C=O) groups is 1. The quantitative estimate of drug-likeness (QED) is 0.649. The van der Waals surface area contributed by atoms with E-state index in [9.17, 15) is 4.79 Å². The van der Waals surface area contributed by atoms with Gasteiger partial charge in [-0.2, -0.15) is 0 Å². The van der Waals surface area contributed by atoms with E-state index in [0.717, 1.165) is 6.42 Å². The zero-order valence-corrected chi connectivity index (χ0v) is 8.89. The minimum absolute atomic E-state index is 0.0486. The first-order valence-corrected chi connectivity index (χ1v) is 4.85. The number of nitrogens with one attached hydrogen (secondary N) is 1. The van der Waals surface area contributed by atoms with Crippen molar-refractivity contribution in [3.8, 4) is 0 Å². The van der Waals surface area contributed by atoms with Crippen LogP contribution < -0.4 is 5.32 Å². The highest BCUT2D eigenvalue weighted by Crippen LogP contribution is 2.29. The Labute approximate surface area is 79.8 Å². The van der Waals surface area contributed by atoms with Gasteiger partial charge in [0.2, 0.25) is 0 Å². The van der Waals surface area contributed by atoms with Crippen LogP contribution in [0.3, 0.4) is 0 Å². The van der Waals surface area contributed by atoms with Gasteiger partial charge in [-0.3, -0.25) is 4.79 Å². The summed E-state index contributed by atoms with van der Waals surface area (Å²) >= 11 is 0. The normalized spacial score (nSPS) is 29.0. The molecule has 1 aliphatic heterocycles. The van der Waals surface area contributed by atoms with Gasteiger partial charge in [0.05, 0.1) is 12.6 Å². The number of carbonyl (C=O) groups excluding carboxylic acids is 1. The maximum absolute atomic E-state index is 11.8. The van der Waals surface area contributed by atoms with Gasteiger partial charge in [0, 0.05) is 0 Å². The van der Waals surface area contributed by atoms with E-state index in [-0.39, 0.29) is 11.8 Å². The fourth-order valence-electron chi connectivity index (χ4n) is 1.45. The molecule has 0 spiro atoms. The fourth-order valence-corrected chi connectivity index (χ4v) is 1.45. The topological polar surface area (TPSA) is 41.6 Å². The highest BCUT2D eigenvalue weighted by atomic mass is 16.6. The second-order valence-electron chi connectivity index (χ2n) is 4.35. The summed E-state index contributed by atoms with van der Waals surface area (Å²) in [7, 11) is 1.83. The Kier molecular flexibility index (Phi) is 3.09. The lowest BCUT2D eigenvalue weighted by molar-refractivity contribution is -0.125. The van der Waals surface area contributed by atoms with E-state index in [4.69, 9.17) is 4.74 Å². The molecule has 0 aliphatic carbocycles. The molecular formula is C10H19NO2. The maximum atomic E-state index is 11.8. The molecule has 1 saturated heterocycles. The van der Waals surface area contributed by atoms with Crippen LogP contribution in [0, 0.1) is 5.92 Å². The third-order valence-electron chi connectivity index (χ3n) is 2.47. The van der Waals surface area contributed by atoms with Crippen molar-refractivity contribution in [3.63, 3.8) is 0 Å². The molecule has 3 nitrogen and oxygen atoms in total. The second-order valence-corrected chi connectivity index (χ2v) is 4.35. The van der Waals surface area contributed by atoms with Crippen molar-refractivity contribution < 1.29 is 9.53 Å². The van der Waals surface area contributed by atoms with E-state index < -0.39 is 5.60 Å². The van der Waals surface area contributed by atoms with E-state index in [2.05, 4.69) is 19.2 Å². The lowest BCUT2D eigenvalue weighted by atomic mass is 9.94. The second kappa shape index (κ2) is 3.76. The predicted octanol–water partition coefficient (Wildman–Crippen LogP) is 0.978. The zero-order valence-electron chi connectivity index (χ0n) is 8.89. The van der Waals surface area contributed by atoms with Gasteiger partial charge in [-0.15, -0.1) is 0 Å². The smallest absolute Gasteiger partial charge is 0.183 e. The summed E-state index contributed by atoms with van der Waals surface area (Å²) in [4.78, 5) is 11.8. The SMILES string of the molecule is CNC(CC(C)C)C(=O)[C@@]1(C)CO1. The molecule has 13 heavy (non-hydrogen) atoms. The van der Waals surface area contributed by atoms with Crippen molar-refractivity contribution in [1.29, 1.82) is 0 Å². The molecule has 1 rings (SSSR count). The lowest BCUT2D eigenvalue weighted by Gasteiger charge is -2.18. The van der Waals surface area contributed by atoms with Crippen LogP contribution in [0.15, 0.2) is 0 Å². The van der Waals surface area contributed by atoms with Gasteiger partial charge in [-0.1, -0.05) is 13.8 Å². The molecule has 1 fully saturated rings. The van der Waals surface area contributed by atoms with Gasteiger partial charge in [0.1, 0.15) is 5.60 Å². The first-order valence-electron chi connectivity index (χ1n) is 4.85. The number of Topliss-reactive ketones (excluding diaryl/α,β-unsaturated/α-hetero) is 1. The van der Waals surface area contributed by atoms with Crippen LogP contribution in [0.1, 0.15) is 27.2 Å². The molecule has 1 heterocycles. The molecule has 0 amide bonds. The molecule has 0 aromatic heterocycles. The number of hydrogen-bond donors (Lipinski definition) is 1. The van der Waals surface area contributed by atoms with Crippen molar-refractivity contribution in [2.24, 2.45) is 5.92 Å². The van der Waals surface area contributed by atoms with Gasteiger partial charge in [-0.05, 0) is 26.3 Å². The highest BCUT2D eigenvalue weighted by Gasteiger charge is 2.49. The average molecular weight is 185 g/mol. The van der Waals surface area contributed by atoms with Crippen LogP contribution in [-0.4, -0.2) is 31.1 Å². The first kappa shape index (κ1) is 10.7. The lowest BCUT2D eigenvalue weighted by Crippen LogP contribution is -2.42. The van der Waals surface area contributed by atoms with Crippen molar-refractivity contribution >= 4 is 5.78 Å². The Bertz CT molecular complexity index is 197. The molecule has 0 aromatic rings. The summed E-state index contributed by atoms with van der Waals surface area (Å²) < 4.78 is 5.13. The standard InChI is InChI=1S/C10H19NO2/c1-7(2)5-8(11-4)9(12)10(3)6-13-10/h7-8,11H,5-6H2,1-4H3/t8?,10-/m1/s1. The molecule has 0 aromatic carbocycles. The van der Waals surface area contributed by atoms with Crippen LogP contribution >= 0.6 is 0 Å². The Balaban J connectivity index is 2.51. The fraction of sp³-hybridized carbons (Fsp3) is 0.900. The molecule has 0 bridgehead atoms. The minimum Gasteiger partial charge on any atom is -0.362 e. The largest absolute Gasteiger partial charge is 0.362 e. The number of ether oxygens (including phenoxy) is 1.